The summed E-state index contributed by atoms with van der Waals surface area (Å²) in [5.74, 6) is -0.173. The molecule has 1 aliphatic carbocycles. The molecular weight excluding hydrogens is 249 g/mol. The van der Waals surface area contributed by atoms with Crippen LogP contribution in [0.1, 0.15) is 29.5 Å². The fraction of sp³-hybridized carbons (Fsp3) is 0.333. The lowest BCUT2D eigenvalue weighted by Gasteiger charge is -2.14. The van der Waals surface area contributed by atoms with E-state index in [-0.39, 0.29) is 5.82 Å². The Bertz CT molecular complexity index is 629. The number of hydrogen-bond donors (Lipinski definition) is 1. The topological polar surface area (TPSA) is 12.0 Å². The van der Waals surface area contributed by atoms with Crippen molar-refractivity contribution in [1.82, 2.24) is 5.32 Å². The molecule has 0 spiro atoms. The van der Waals surface area contributed by atoms with Gasteiger partial charge in [0.15, 0.2) is 0 Å². The molecule has 0 atom stereocenters. The molecule has 20 heavy (non-hydrogen) atoms. The summed E-state index contributed by atoms with van der Waals surface area (Å²) in [6.45, 7) is 4.97. The van der Waals surface area contributed by atoms with E-state index in [0.717, 1.165) is 23.2 Å². The third kappa shape index (κ3) is 2.91. The van der Waals surface area contributed by atoms with Crippen molar-refractivity contribution in [3.8, 4) is 11.1 Å². The van der Waals surface area contributed by atoms with Crippen molar-refractivity contribution in [3.05, 3.63) is 58.9 Å². The second kappa shape index (κ2) is 5.37. The van der Waals surface area contributed by atoms with E-state index in [1.807, 2.05) is 13.0 Å². The summed E-state index contributed by atoms with van der Waals surface area (Å²) in [6.07, 6.45) is 2.56. The maximum atomic E-state index is 13.6. The molecule has 3 rings (SSSR count). The van der Waals surface area contributed by atoms with Gasteiger partial charge in [-0.3, -0.25) is 0 Å². The third-order valence-electron chi connectivity index (χ3n) is 3.91. The van der Waals surface area contributed by atoms with E-state index in [0.29, 0.717) is 6.04 Å². The van der Waals surface area contributed by atoms with Crippen LogP contribution in [0, 0.1) is 19.7 Å². The highest BCUT2D eigenvalue weighted by molar-refractivity contribution is 5.71. The molecule has 0 aromatic heterocycles. The van der Waals surface area contributed by atoms with Crippen LogP contribution in [0.2, 0.25) is 0 Å². The molecule has 2 aromatic carbocycles. The van der Waals surface area contributed by atoms with Crippen molar-refractivity contribution >= 4 is 0 Å². The van der Waals surface area contributed by atoms with Crippen molar-refractivity contribution in [3.63, 3.8) is 0 Å². The van der Waals surface area contributed by atoms with E-state index in [1.165, 1.54) is 30.0 Å². The van der Waals surface area contributed by atoms with Crippen molar-refractivity contribution in [2.24, 2.45) is 0 Å². The normalized spacial score (nSPS) is 14.6. The smallest absolute Gasteiger partial charge is 0.123 e. The molecule has 0 aliphatic heterocycles. The molecule has 1 fully saturated rings. The van der Waals surface area contributed by atoms with Gasteiger partial charge in [-0.2, -0.15) is 0 Å². The predicted molar refractivity (Wildman–Crippen MR) is 81.2 cm³/mol. The van der Waals surface area contributed by atoms with E-state index in [9.17, 15) is 4.39 Å². The van der Waals surface area contributed by atoms with Crippen LogP contribution in [0.15, 0.2) is 36.4 Å². The van der Waals surface area contributed by atoms with Gasteiger partial charge < -0.3 is 5.32 Å². The molecule has 2 aromatic rings. The molecule has 0 radical (unpaired) electrons. The largest absolute Gasteiger partial charge is 0.310 e. The quantitative estimate of drug-likeness (QED) is 0.869. The highest BCUT2D eigenvalue weighted by atomic mass is 19.1. The second-order valence-corrected chi connectivity index (χ2v) is 5.78. The van der Waals surface area contributed by atoms with Gasteiger partial charge in [0.25, 0.3) is 0 Å². The molecule has 2 heteroatoms. The van der Waals surface area contributed by atoms with Crippen LogP contribution in [0.4, 0.5) is 4.39 Å². The number of benzene rings is 2. The molecule has 1 N–H and O–H groups in total. The minimum Gasteiger partial charge on any atom is -0.310 e. The zero-order valence-corrected chi connectivity index (χ0v) is 12.0. The molecule has 1 saturated carbocycles. The Morgan fingerprint density at radius 3 is 2.60 bits per heavy atom. The van der Waals surface area contributed by atoms with E-state index in [2.05, 4.69) is 30.4 Å². The Morgan fingerprint density at radius 1 is 1.05 bits per heavy atom. The minimum absolute atomic E-state index is 0.173. The maximum absolute atomic E-state index is 13.6. The van der Waals surface area contributed by atoms with Crippen LogP contribution in [0.3, 0.4) is 0 Å². The van der Waals surface area contributed by atoms with Crippen molar-refractivity contribution in [2.75, 3.05) is 0 Å². The van der Waals surface area contributed by atoms with Crippen molar-refractivity contribution in [1.29, 1.82) is 0 Å². The average molecular weight is 269 g/mol. The van der Waals surface area contributed by atoms with E-state index >= 15 is 0 Å². The number of rotatable bonds is 4. The first-order chi connectivity index (χ1) is 9.63. The SMILES string of the molecule is Cc1ccc(CNC2CC2)c(-c2cc(F)ccc2C)c1. The molecule has 1 nitrogen and oxygen atoms in total. The summed E-state index contributed by atoms with van der Waals surface area (Å²) in [5.41, 5.74) is 5.72. The summed E-state index contributed by atoms with van der Waals surface area (Å²) in [5, 5.41) is 3.54. The summed E-state index contributed by atoms with van der Waals surface area (Å²) in [7, 11) is 0. The lowest BCUT2D eigenvalue weighted by Crippen LogP contribution is -2.16. The van der Waals surface area contributed by atoms with Gasteiger partial charge in [0.05, 0.1) is 0 Å². The zero-order chi connectivity index (χ0) is 14.1. The first kappa shape index (κ1) is 13.3. The molecule has 1 aliphatic rings. The van der Waals surface area contributed by atoms with Gasteiger partial charge in [-0.1, -0.05) is 29.8 Å². The summed E-state index contributed by atoms with van der Waals surface area (Å²) < 4.78 is 13.6. The zero-order valence-electron chi connectivity index (χ0n) is 12.0. The molecule has 0 amide bonds. The maximum Gasteiger partial charge on any atom is 0.123 e. The average Bonchev–Trinajstić information content (AvgIpc) is 3.24. The summed E-state index contributed by atoms with van der Waals surface area (Å²) in [4.78, 5) is 0. The van der Waals surface area contributed by atoms with Crippen LogP contribution < -0.4 is 5.32 Å². The van der Waals surface area contributed by atoms with Gasteiger partial charge in [-0.05, 0) is 61.1 Å². The first-order valence-corrected chi connectivity index (χ1v) is 7.23. The molecule has 0 saturated heterocycles. The molecule has 104 valence electrons. The monoisotopic (exact) mass is 269 g/mol. The highest BCUT2D eigenvalue weighted by Crippen LogP contribution is 2.29. The number of halogens is 1. The first-order valence-electron chi connectivity index (χ1n) is 7.23. The van der Waals surface area contributed by atoms with Crippen LogP contribution in [0.25, 0.3) is 11.1 Å². The van der Waals surface area contributed by atoms with Gasteiger partial charge in [-0.15, -0.1) is 0 Å². The van der Waals surface area contributed by atoms with Gasteiger partial charge in [0.1, 0.15) is 5.82 Å². The van der Waals surface area contributed by atoms with Crippen LogP contribution in [0.5, 0.6) is 0 Å². The molecule has 0 unspecified atom stereocenters. The fourth-order valence-corrected chi connectivity index (χ4v) is 2.52. The third-order valence-corrected chi connectivity index (χ3v) is 3.91. The highest BCUT2D eigenvalue weighted by Gasteiger charge is 2.20. The summed E-state index contributed by atoms with van der Waals surface area (Å²) >= 11 is 0. The molecular formula is C18H20FN. The van der Waals surface area contributed by atoms with Crippen LogP contribution >= 0.6 is 0 Å². The Hall–Kier alpha value is -1.67. The van der Waals surface area contributed by atoms with E-state index in [1.54, 1.807) is 6.07 Å². The minimum atomic E-state index is -0.173. The Balaban J connectivity index is 2.00. The number of hydrogen-bond acceptors (Lipinski definition) is 1. The Labute approximate surface area is 119 Å². The molecule has 0 heterocycles. The van der Waals surface area contributed by atoms with Crippen LogP contribution in [-0.4, -0.2) is 6.04 Å². The lowest BCUT2D eigenvalue weighted by molar-refractivity contribution is 0.628. The van der Waals surface area contributed by atoms with Gasteiger partial charge in [-0.25, -0.2) is 4.39 Å². The lowest BCUT2D eigenvalue weighted by atomic mass is 9.94. The standard InChI is InChI=1S/C18H20FN/c1-12-3-5-14(11-20-16-7-8-16)18(9-12)17-10-15(19)6-4-13(17)2/h3-6,9-10,16,20H,7-8,11H2,1-2H3. The van der Waals surface area contributed by atoms with E-state index in [4.69, 9.17) is 0 Å². The van der Waals surface area contributed by atoms with Gasteiger partial charge in [0, 0.05) is 12.6 Å². The number of nitrogens with one attached hydrogen (secondary N) is 1. The van der Waals surface area contributed by atoms with Gasteiger partial charge >= 0.3 is 0 Å². The second-order valence-electron chi connectivity index (χ2n) is 5.78. The van der Waals surface area contributed by atoms with Crippen molar-refractivity contribution in [2.45, 2.75) is 39.3 Å². The Kier molecular flexibility index (Phi) is 3.58. The fourth-order valence-electron chi connectivity index (χ4n) is 2.52. The predicted octanol–water partition coefficient (Wildman–Crippen LogP) is 4.36. The molecule has 0 bridgehead atoms. The van der Waals surface area contributed by atoms with Crippen LogP contribution in [-0.2, 0) is 6.54 Å². The Morgan fingerprint density at radius 2 is 1.85 bits per heavy atom. The number of aryl methyl sites for hydroxylation is 2. The van der Waals surface area contributed by atoms with Gasteiger partial charge in [0.2, 0.25) is 0 Å². The van der Waals surface area contributed by atoms with E-state index < -0.39 is 0 Å². The summed E-state index contributed by atoms with van der Waals surface area (Å²) in [6, 6.07) is 12.1. The van der Waals surface area contributed by atoms with Crippen molar-refractivity contribution < 1.29 is 4.39 Å².